The number of rotatable bonds is 4. The molecule has 0 amide bonds. The van der Waals surface area contributed by atoms with Gasteiger partial charge in [-0.15, -0.1) is 0 Å². The number of nitrogens with two attached hydrogens (primary N) is 1. The quantitative estimate of drug-likeness (QED) is 0.884. The lowest BCUT2D eigenvalue weighted by Gasteiger charge is -2.13. The van der Waals surface area contributed by atoms with Crippen molar-refractivity contribution in [3.8, 4) is 0 Å². The average molecular weight is 256 g/mol. The molecule has 1 aromatic heterocycles. The summed E-state index contributed by atoms with van der Waals surface area (Å²) in [6, 6.07) is 9.03. The van der Waals surface area contributed by atoms with Crippen LogP contribution in [0.4, 0.5) is 0 Å². The summed E-state index contributed by atoms with van der Waals surface area (Å²) in [6.45, 7) is 4.10. The zero-order valence-electron chi connectivity index (χ0n) is 11.8. The lowest BCUT2D eigenvalue weighted by Crippen LogP contribution is -2.09. The van der Waals surface area contributed by atoms with Crippen LogP contribution in [0, 0.1) is 5.92 Å². The molecule has 0 radical (unpaired) electrons. The average Bonchev–Trinajstić information content (AvgIpc) is 3.08. The van der Waals surface area contributed by atoms with Crippen LogP contribution in [0.5, 0.6) is 0 Å². The van der Waals surface area contributed by atoms with E-state index in [0.717, 1.165) is 12.5 Å². The Bertz CT molecular complexity index is 549. The number of fused-ring (bicyclic) bond motifs is 1. The van der Waals surface area contributed by atoms with Gasteiger partial charge in [0, 0.05) is 18.3 Å². The van der Waals surface area contributed by atoms with Gasteiger partial charge in [0.15, 0.2) is 0 Å². The molecule has 1 aliphatic carbocycles. The highest BCUT2D eigenvalue weighted by molar-refractivity contribution is 5.81. The summed E-state index contributed by atoms with van der Waals surface area (Å²) >= 11 is 0. The molecule has 3 rings (SSSR count). The third-order valence-electron chi connectivity index (χ3n) is 4.65. The number of nitrogens with zero attached hydrogens (tertiary/aromatic N) is 1. The lowest BCUT2D eigenvalue weighted by molar-refractivity contribution is 0.466. The van der Waals surface area contributed by atoms with Crippen molar-refractivity contribution in [2.24, 2.45) is 11.7 Å². The van der Waals surface area contributed by atoms with Crippen LogP contribution in [0.15, 0.2) is 30.5 Å². The minimum Gasteiger partial charge on any atom is -0.347 e. The fourth-order valence-corrected chi connectivity index (χ4v) is 3.27. The van der Waals surface area contributed by atoms with Crippen LogP contribution >= 0.6 is 0 Å². The molecule has 2 N–H and O–H groups in total. The van der Waals surface area contributed by atoms with Crippen molar-refractivity contribution in [3.63, 3.8) is 0 Å². The fourth-order valence-electron chi connectivity index (χ4n) is 3.27. The minimum absolute atomic E-state index is 0.444. The zero-order valence-corrected chi connectivity index (χ0v) is 11.8. The number of benzene rings is 1. The lowest BCUT2D eigenvalue weighted by atomic mass is 10.0. The Labute approximate surface area is 115 Å². The summed E-state index contributed by atoms with van der Waals surface area (Å²) in [6.07, 6.45) is 7.88. The van der Waals surface area contributed by atoms with Crippen LogP contribution in [0.25, 0.3) is 10.9 Å². The molecule has 1 fully saturated rings. The third kappa shape index (κ3) is 2.55. The van der Waals surface area contributed by atoms with Gasteiger partial charge in [-0.25, -0.2) is 0 Å². The van der Waals surface area contributed by atoms with E-state index < -0.39 is 0 Å². The van der Waals surface area contributed by atoms with Crippen molar-refractivity contribution in [1.82, 2.24) is 4.57 Å². The maximum Gasteiger partial charge on any atom is 0.0483 e. The zero-order chi connectivity index (χ0) is 13.2. The molecule has 1 unspecified atom stereocenters. The first kappa shape index (κ1) is 12.7. The predicted molar refractivity (Wildman–Crippen MR) is 81.4 cm³/mol. The molecule has 1 aliphatic rings. The first-order chi connectivity index (χ1) is 9.28. The Morgan fingerprint density at radius 1 is 1.26 bits per heavy atom. The summed E-state index contributed by atoms with van der Waals surface area (Å²) in [5.41, 5.74) is 8.53. The molecule has 0 bridgehead atoms. The molecule has 2 aromatic rings. The van der Waals surface area contributed by atoms with Crippen LogP contribution in [-0.2, 0) is 6.54 Å². The topological polar surface area (TPSA) is 30.9 Å². The highest BCUT2D eigenvalue weighted by Crippen LogP contribution is 2.29. The van der Waals surface area contributed by atoms with E-state index in [1.807, 2.05) is 0 Å². The van der Waals surface area contributed by atoms with Gasteiger partial charge in [-0.3, -0.25) is 0 Å². The molecular weight excluding hydrogens is 232 g/mol. The third-order valence-corrected chi connectivity index (χ3v) is 4.65. The van der Waals surface area contributed by atoms with E-state index in [4.69, 9.17) is 5.73 Å². The molecule has 0 spiro atoms. The van der Waals surface area contributed by atoms with Gasteiger partial charge in [-0.05, 0) is 54.3 Å². The number of aromatic nitrogens is 1. The Hall–Kier alpha value is -1.28. The Kier molecular flexibility index (Phi) is 3.61. The second-order valence-corrected chi connectivity index (χ2v) is 6.07. The van der Waals surface area contributed by atoms with Gasteiger partial charge in [0.2, 0.25) is 0 Å². The maximum absolute atomic E-state index is 5.79. The molecule has 2 heteroatoms. The summed E-state index contributed by atoms with van der Waals surface area (Å²) in [5, 5.41) is 1.35. The molecule has 2 nitrogen and oxygen atoms in total. The Morgan fingerprint density at radius 3 is 2.79 bits per heavy atom. The highest BCUT2D eigenvalue weighted by atomic mass is 15.0. The van der Waals surface area contributed by atoms with Crippen molar-refractivity contribution in [2.75, 3.05) is 6.54 Å². The fraction of sp³-hybridized carbons (Fsp3) is 0.529. The molecule has 19 heavy (non-hydrogen) atoms. The molecule has 1 aromatic carbocycles. The maximum atomic E-state index is 5.79. The van der Waals surface area contributed by atoms with E-state index in [1.54, 1.807) is 0 Å². The normalized spacial score (nSPS) is 18.2. The number of hydrogen-bond acceptors (Lipinski definition) is 1. The smallest absolute Gasteiger partial charge is 0.0483 e. The largest absolute Gasteiger partial charge is 0.347 e. The van der Waals surface area contributed by atoms with Gasteiger partial charge in [0.05, 0.1) is 0 Å². The van der Waals surface area contributed by atoms with Crippen molar-refractivity contribution in [1.29, 1.82) is 0 Å². The van der Waals surface area contributed by atoms with E-state index >= 15 is 0 Å². The standard InChI is InChI=1S/C17H24N2/c1-13(11-18)16-7-6-15-8-9-19(17(15)10-16)12-14-4-2-3-5-14/h6-10,13-14H,2-5,11-12,18H2,1H3. The van der Waals surface area contributed by atoms with Crippen LogP contribution < -0.4 is 5.73 Å². The van der Waals surface area contributed by atoms with Gasteiger partial charge >= 0.3 is 0 Å². The second-order valence-electron chi connectivity index (χ2n) is 6.07. The molecule has 0 saturated heterocycles. The monoisotopic (exact) mass is 256 g/mol. The Balaban J connectivity index is 1.91. The predicted octanol–water partition coefficient (Wildman–Crippen LogP) is 3.89. The molecular formula is C17H24N2. The van der Waals surface area contributed by atoms with Gasteiger partial charge in [-0.2, -0.15) is 0 Å². The first-order valence-corrected chi connectivity index (χ1v) is 7.57. The Morgan fingerprint density at radius 2 is 2.05 bits per heavy atom. The van der Waals surface area contributed by atoms with Crippen molar-refractivity contribution >= 4 is 10.9 Å². The van der Waals surface area contributed by atoms with Crippen LogP contribution in [-0.4, -0.2) is 11.1 Å². The second kappa shape index (κ2) is 5.38. The summed E-state index contributed by atoms with van der Waals surface area (Å²) in [5.74, 6) is 1.32. The van der Waals surface area contributed by atoms with Crippen molar-refractivity contribution in [2.45, 2.75) is 45.1 Å². The van der Waals surface area contributed by atoms with E-state index in [1.165, 1.54) is 48.7 Å². The van der Waals surface area contributed by atoms with Crippen LogP contribution in [0.1, 0.15) is 44.1 Å². The molecule has 0 aliphatic heterocycles. The SMILES string of the molecule is CC(CN)c1ccc2ccn(CC3CCCC3)c2c1. The minimum atomic E-state index is 0.444. The van der Waals surface area contributed by atoms with E-state index in [0.29, 0.717) is 5.92 Å². The van der Waals surface area contributed by atoms with E-state index in [2.05, 4.69) is 42.0 Å². The molecule has 1 heterocycles. The summed E-state index contributed by atoms with van der Waals surface area (Å²) in [4.78, 5) is 0. The molecule has 102 valence electrons. The summed E-state index contributed by atoms with van der Waals surface area (Å²) in [7, 11) is 0. The molecule has 1 atom stereocenters. The van der Waals surface area contributed by atoms with Gasteiger partial charge in [0.25, 0.3) is 0 Å². The molecule has 1 saturated carbocycles. The van der Waals surface area contributed by atoms with Gasteiger partial charge in [-0.1, -0.05) is 31.9 Å². The first-order valence-electron chi connectivity index (χ1n) is 7.57. The summed E-state index contributed by atoms with van der Waals surface area (Å²) < 4.78 is 2.44. The van der Waals surface area contributed by atoms with E-state index in [-0.39, 0.29) is 0 Å². The van der Waals surface area contributed by atoms with Gasteiger partial charge < -0.3 is 10.3 Å². The highest BCUT2D eigenvalue weighted by Gasteiger charge is 2.16. The van der Waals surface area contributed by atoms with Crippen LogP contribution in [0.3, 0.4) is 0 Å². The van der Waals surface area contributed by atoms with E-state index in [9.17, 15) is 0 Å². The van der Waals surface area contributed by atoms with Crippen molar-refractivity contribution in [3.05, 3.63) is 36.0 Å². The van der Waals surface area contributed by atoms with Crippen LogP contribution in [0.2, 0.25) is 0 Å². The number of hydrogen-bond donors (Lipinski definition) is 1. The van der Waals surface area contributed by atoms with Gasteiger partial charge in [0.1, 0.15) is 0 Å². The van der Waals surface area contributed by atoms with Crippen molar-refractivity contribution < 1.29 is 0 Å².